The van der Waals surface area contributed by atoms with Gasteiger partial charge in [-0.15, -0.1) is 11.3 Å². The molecule has 0 aliphatic rings. The molecule has 1 atom stereocenters. The van der Waals surface area contributed by atoms with Gasteiger partial charge >= 0.3 is 0 Å². The molecule has 2 aromatic rings. The number of unbranched alkanes of at least 4 members (excludes halogenated alkanes) is 1. The number of aryl methyl sites for hydroxylation is 2. The normalized spacial score (nSPS) is 12.8. The van der Waals surface area contributed by atoms with Crippen LogP contribution in [0.25, 0.3) is 10.4 Å². The molecule has 0 fully saturated rings. The van der Waals surface area contributed by atoms with Gasteiger partial charge < -0.3 is 0 Å². The van der Waals surface area contributed by atoms with Crippen molar-refractivity contribution in [1.29, 1.82) is 0 Å². The molecule has 0 saturated carbocycles. The molecule has 0 aliphatic carbocycles. The fourth-order valence-corrected chi connectivity index (χ4v) is 4.61. The van der Waals surface area contributed by atoms with Gasteiger partial charge in [0.1, 0.15) is 5.25 Å². The predicted molar refractivity (Wildman–Crippen MR) is 101 cm³/mol. The van der Waals surface area contributed by atoms with Crippen molar-refractivity contribution in [2.75, 3.05) is 6.26 Å². The van der Waals surface area contributed by atoms with Crippen molar-refractivity contribution in [2.24, 2.45) is 0 Å². The summed E-state index contributed by atoms with van der Waals surface area (Å²) in [5.41, 5.74) is 3.81. The number of thiophene rings is 1. The van der Waals surface area contributed by atoms with Crippen LogP contribution in [0.2, 0.25) is 0 Å². The maximum absolute atomic E-state index is 11.6. The zero-order valence-electron chi connectivity index (χ0n) is 14.4. The summed E-state index contributed by atoms with van der Waals surface area (Å²) < 4.78 is 23.2. The van der Waals surface area contributed by atoms with Crippen LogP contribution < -0.4 is 5.48 Å². The Morgan fingerprint density at radius 3 is 2.36 bits per heavy atom. The van der Waals surface area contributed by atoms with E-state index < -0.39 is 21.0 Å². The van der Waals surface area contributed by atoms with E-state index in [0.717, 1.165) is 19.1 Å². The Kier molecular flexibility index (Phi) is 6.75. The van der Waals surface area contributed by atoms with Crippen molar-refractivity contribution in [2.45, 2.75) is 37.9 Å². The lowest BCUT2D eigenvalue weighted by molar-refractivity contribution is -0.128. The summed E-state index contributed by atoms with van der Waals surface area (Å²) in [7, 11) is -3.53. The van der Waals surface area contributed by atoms with Crippen LogP contribution >= 0.6 is 11.3 Å². The highest BCUT2D eigenvalue weighted by atomic mass is 32.2. The molecular formula is C18H23NO4S2. The van der Waals surface area contributed by atoms with Crippen molar-refractivity contribution in [3.8, 4) is 10.4 Å². The van der Waals surface area contributed by atoms with E-state index in [1.54, 1.807) is 11.3 Å². The minimum atomic E-state index is -3.53. The zero-order chi connectivity index (χ0) is 18.4. The molecular weight excluding hydrogens is 358 g/mol. The number of hydrogen-bond acceptors (Lipinski definition) is 5. The van der Waals surface area contributed by atoms with E-state index >= 15 is 0 Å². The number of hydroxylamine groups is 1. The second-order valence-corrected chi connectivity index (χ2v) is 9.66. The molecule has 1 aromatic heterocycles. The van der Waals surface area contributed by atoms with Crippen LogP contribution in [0.15, 0.2) is 36.4 Å². The first-order valence-electron chi connectivity index (χ1n) is 8.10. The fraction of sp³-hybridized carbons (Fsp3) is 0.389. The summed E-state index contributed by atoms with van der Waals surface area (Å²) in [4.78, 5) is 14.0. The van der Waals surface area contributed by atoms with Gasteiger partial charge in [-0.05, 0) is 49.4 Å². The second kappa shape index (κ2) is 8.60. The topological polar surface area (TPSA) is 83.5 Å². The lowest BCUT2D eigenvalue weighted by Gasteiger charge is -2.12. The van der Waals surface area contributed by atoms with Gasteiger partial charge in [0.2, 0.25) is 0 Å². The van der Waals surface area contributed by atoms with Crippen molar-refractivity contribution in [1.82, 2.24) is 5.48 Å². The minimum Gasteiger partial charge on any atom is -0.289 e. The molecule has 0 spiro atoms. The molecule has 25 heavy (non-hydrogen) atoms. The Bertz CT molecular complexity index is 810. The Balaban J connectivity index is 1.86. The SMILES string of the molecule is Cc1ccc(-c2ccc(CCCCC(C(=O)NO)S(C)(=O)=O)cc2)s1. The second-order valence-electron chi connectivity index (χ2n) is 6.15. The molecule has 1 heterocycles. The molecule has 0 aliphatic heterocycles. The maximum Gasteiger partial charge on any atom is 0.261 e. The summed E-state index contributed by atoms with van der Waals surface area (Å²) >= 11 is 1.76. The Hall–Kier alpha value is -1.70. The standard InChI is InChI=1S/C18H23NO4S2/c1-13-7-12-16(24-13)15-10-8-14(9-11-15)5-3-4-6-17(18(20)19-21)25(2,22)23/h7-12,17,21H,3-6H2,1-2H3,(H,19,20). The first kappa shape index (κ1) is 19.6. The molecule has 1 amide bonds. The highest BCUT2D eigenvalue weighted by Crippen LogP contribution is 2.28. The number of benzene rings is 1. The van der Waals surface area contributed by atoms with Gasteiger partial charge in [0.05, 0.1) is 0 Å². The van der Waals surface area contributed by atoms with Crippen LogP contribution in [-0.2, 0) is 21.1 Å². The number of sulfone groups is 1. The van der Waals surface area contributed by atoms with E-state index in [4.69, 9.17) is 5.21 Å². The van der Waals surface area contributed by atoms with Crippen molar-refractivity contribution in [3.05, 3.63) is 46.8 Å². The van der Waals surface area contributed by atoms with E-state index in [0.29, 0.717) is 6.42 Å². The third kappa shape index (κ3) is 5.66. The lowest BCUT2D eigenvalue weighted by atomic mass is 10.0. The van der Waals surface area contributed by atoms with Crippen molar-refractivity contribution < 1.29 is 18.4 Å². The molecule has 5 nitrogen and oxygen atoms in total. The fourth-order valence-electron chi connectivity index (χ4n) is 2.70. The van der Waals surface area contributed by atoms with E-state index in [1.807, 2.05) is 0 Å². The van der Waals surface area contributed by atoms with Gasteiger partial charge in [0.25, 0.3) is 5.91 Å². The average molecular weight is 382 g/mol. The molecule has 2 N–H and O–H groups in total. The summed E-state index contributed by atoms with van der Waals surface area (Å²) in [6.45, 7) is 2.09. The summed E-state index contributed by atoms with van der Waals surface area (Å²) in [6, 6.07) is 12.6. The van der Waals surface area contributed by atoms with E-state index in [1.165, 1.54) is 26.4 Å². The van der Waals surface area contributed by atoms with Crippen LogP contribution in [0.5, 0.6) is 0 Å². The van der Waals surface area contributed by atoms with Gasteiger partial charge in [-0.25, -0.2) is 13.9 Å². The molecule has 136 valence electrons. The largest absolute Gasteiger partial charge is 0.289 e. The van der Waals surface area contributed by atoms with Gasteiger partial charge in [-0.1, -0.05) is 30.7 Å². The predicted octanol–water partition coefficient (Wildman–Crippen LogP) is 3.35. The van der Waals surface area contributed by atoms with Gasteiger partial charge in [0.15, 0.2) is 9.84 Å². The van der Waals surface area contributed by atoms with E-state index in [2.05, 4.69) is 43.3 Å². The first-order valence-corrected chi connectivity index (χ1v) is 10.9. The number of amides is 1. The zero-order valence-corrected chi connectivity index (χ0v) is 16.0. The number of rotatable bonds is 8. The number of nitrogens with one attached hydrogen (secondary N) is 1. The molecule has 0 saturated heterocycles. The van der Waals surface area contributed by atoms with Crippen LogP contribution in [0.4, 0.5) is 0 Å². The van der Waals surface area contributed by atoms with Crippen LogP contribution in [0, 0.1) is 6.92 Å². The third-order valence-corrected chi connectivity index (χ3v) is 6.61. The highest BCUT2D eigenvalue weighted by Gasteiger charge is 2.27. The molecule has 1 aromatic carbocycles. The van der Waals surface area contributed by atoms with E-state index in [-0.39, 0.29) is 6.42 Å². The van der Waals surface area contributed by atoms with Gasteiger partial charge in [-0.3, -0.25) is 10.0 Å². The van der Waals surface area contributed by atoms with Gasteiger partial charge in [-0.2, -0.15) is 0 Å². The van der Waals surface area contributed by atoms with Crippen LogP contribution in [0.1, 0.15) is 29.7 Å². The van der Waals surface area contributed by atoms with Crippen LogP contribution in [0.3, 0.4) is 0 Å². The monoisotopic (exact) mass is 381 g/mol. The number of hydrogen-bond donors (Lipinski definition) is 2. The molecule has 0 radical (unpaired) electrons. The maximum atomic E-state index is 11.6. The Morgan fingerprint density at radius 2 is 1.84 bits per heavy atom. The quantitative estimate of drug-likeness (QED) is 0.417. The van der Waals surface area contributed by atoms with Crippen LogP contribution in [-0.4, -0.2) is 31.0 Å². The summed E-state index contributed by atoms with van der Waals surface area (Å²) in [5.74, 6) is -0.863. The Morgan fingerprint density at radius 1 is 1.16 bits per heavy atom. The van der Waals surface area contributed by atoms with Gasteiger partial charge in [0, 0.05) is 16.0 Å². The molecule has 7 heteroatoms. The average Bonchev–Trinajstić information content (AvgIpc) is 3.00. The lowest BCUT2D eigenvalue weighted by Crippen LogP contribution is -2.37. The molecule has 1 unspecified atom stereocenters. The third-order valence-electron chi connectivity index (χ3n) is 4.08. The number of carbonyl (C=O) groups is 1. The highest BCUT2D eigenvalue weighted by molar-refractivity contribution is 7.92. The minimum absolute atomic E-state index is 0.206. The van der Waals surface area contributed by atoms with Crippen molar-refractivity contribution in [3.63, 3.8) is 0 Å². The van der Waals surface area contributed by atoms with E-state index in [9.17, 15) is 13.2 Å². The smallest absolute Gasteiger partial charge is 0.261 e. The summed E-state index contributed by atoms with van der Waals surface area (Å²) in [6.07, 6.45) is 3.41. The number of carbonyl (C=O) groups excluding carboxylic acids is 1. The Labute approximate surface area is 152 Å². The van der Waals surface area contributed by atoms with Crippen molar-refractivity contribution >= 4 is 27.1 Å². The first-order chi connectivity index (χ1) is 11.8. The molecule has 2 rings (SSSR count). The molecule has 0 bridgehead atoms. The summed E-state index contributed by atoms with van der Waals surface area (Å²) in [5, 5.41) is 7.47.